The van der Waals surface area contributed by atoms with E-state index in [4.69, 9.17) is 10.5 Å². The predicted octanol–water partition coefficient (Wildman–Crippen LogP) is -0.342. The van der Waals surface area contributed by atoms with Gasteiger partial charge in [-0.25, -0.2) is 0 Å². The molecular weight excluding hydrogens is 266 g/mol. The third-order valence-electron chi connectivity index (χ3n) is 2.28. The van der Waals surface area contributed by atoms with Gasteiger partial charge in [-0.2, -0.15) is 10.5 Å². The Hall–Kier alpha value is -3.20. The van der Waals surface area contributed by atoms with Crippen LogP contribution in [-0.4, -0.2) is 21.9 Å². The zero-order valence-corrected chi connectivity index (χ0v) is 10.2. The number of nitrogens with one attached hydrogen (secondary N) is 1. The fraction of sp³-hybridized carbons (Fsp3) is 0.273. The molecule has 1 aromatic heterocycles. The second-order valence-corrected chi connectivity index (χ2v) is 3.67. The number of nitriles is 2. The number of hydrogen-bond acceptors (Lipinski definition) is 6. The normalized spacial score (nSPS) is 9.30. The topological polar surface area (TPSA) is 142 Å². The van der Waals surface area contributed by atoms with Gasteiger partial charge in [-0.15, -0.1) is 0 Å². The van der Waals surface area contributed by atoms with Crippen molar-refractivity contribution >= 4 is 11.6 Å². The van der Waals surface area contributed by atoms with Crippen LogP contribution >= 0.6 is 0 Å². The third kappa shape index (κ3) is 3.65. The number of rotatable bonds is 5. The Morgan fingerprint density at radius 1 is 1.50 bits per heavy atom. The van der Waals surface area contributed by atoms with Crippen molar-refractivity contribution in [2.45, 2.75) is 13.0 Å². The Labute approximate surface area is 112 Å². The van der Waals surface area contributed by atoms with Crippen molar-refractivity contribution < 1.29 is 9.72 Å². The van der Waals surface area contributed by atoms with Gasteiger partial charge in [0.15, 0.2) is 0 Å². The average molecular weight is 275 g/mol. The van der Waals surface area contributed by atoms with E-state index < -0.39 is 34.2 Å². The average Bonchev–Trinajstić information content (AvgIpc) is 2.41. The van der Waals surface area contributed by atoms with Crippen molar-refractivity contribution in [3.05, 3.63) is 38.3 Å². The van der Waals surface area contributed by atoms with E-state index in [1.54, 1.807) is 6.07 Å². The van der Waals surface area contributed by atoms with Gasteiger partial charge in [-0.3, -0.25) is 24.3 Å². The van der Waals surface area contributed by atoms with E-state index in [0.29, 0.717) is 0 Å². The van der Waals surface area contributed by atoms with Gasteiger partial charge in [-0.1, -0.05) is 0 Å². The molecule has 0 aliphatic carbocycles. The van der Waals surface area contributed by atoms with Gasteiger partial charge in [0.2, 0.25) is 5.91 Å². The minimum Gasteiger partial charge on any atom is -0.354 e. The number of nitrogens with zero attached hydrogens (tertiary/aromatic N) is 4. The van der Waals surface area contributed by atoms with Crippen molar-refractivity contribution in [2.75, 3.05) is 6.54 Å². The molecule has 9 heteroatoms. The van der Waals surface area contributed by atoms with Crippen LogP contribution in [0.3, 0.4) is 0 Å². The highest BCUT2D eigenvalue weighted by atomic mass is 16.6. The van der Waals surface area contributed by atoms with Crippen LogP contribution in [0.25, 0.3) is 0 Å². The minimum absolute atomic E-state index is 0.110. The van der Waals surface area contributed by atoms with E-state index in [0.717, 1.165) is 16.8 Å². The molecule has 1 amide bonds. The monoisotopic (exact) mass is 275 g/mol. The van der Waals surface area contributed by atoms with Crippen molar-refractivity contribution in [1.29, 1.82) is 10.5 Å². The zero-order valence-electron chi connectivity index (χ0n) is 10.2. The lowest BCUT2D eigenvalue weighted by Gasteiger charge is -2.06. The van der Waals surface area contributed by atoms with Gasteiger partial charge in [0, 0.05) is 12.6 Å². The summed E-state index contributed by atoms with van der Waals surface area (Å²) in [4.78, 5) is 33.1. The van der Waals surface area contributed by atoms with E-state index in [1.165, 1.54) is 0 Å². The highest BCUT2D eigenvalue weighted by Crippen LogP contribution is 2.09. The Bertz CT molecular complexity index is 680. The van der Waals surface area contributed by atoms with Crippen LogP contribution in [0.15, 0.2) is 17.1 Å². The first-order valence-electron chi connectivity index (χ1n) is 5.42. The summed E-state index contributed by atoms with van der Waals surface area (Å²) in [6, 6.07) is 4.22. The maximum Gasteiger partial charge on any atom is 0.287 e. The molecule has 20 heavy (non-hydrogen) atoms. The predicted molar refractivity (Wildman–Crippen MR) is 65.3 cm³/mol. The lowest BCUT2D eigenvalue weighted by atomic mass is 10.2. The molecule has 0 spiro atoms. The molecule has 102 valence electrons. The number of hydrogen-bond donors (Lipinski definition) is 1. The number of aromatic nitrogens is 1. The minimum atomic E-state index is -0.784. The van der Waals surface area contributed by atoms with Crippen molar-refractivity contribution in [3.8, 4) is 12.1 Å². The Balaban J connectivity index is 3.01. The molecule has 0 aliphatic heterocycles. The Morgan fingerprint density at radius 3 is 2.75 bits per heavy atom. The second kappa shape index (κ2) is 6.66. The number of carbonyl (C=O) groups excluding carboxylic acids is 1. The fourth-order valence-corrected chi connectivity index (χ4v) is 1.39. The summed E-state index contributed by atoms with van der Waals surface area (Å²) in [5.41, 5.74) is -1.65. The van der Waals surface area contributed by atoms with Crippen LogP contribution in [0.4, 0.5) is 5.69 Å². The molecule has 0 bridgehead atoms. The van der Waals surface area contributed by atoms with Gasteiger partial charge in [0.25, 0.3) is 11.2 Å². The summed E-state index contributed by atoms with van der Waals surface area (Å²) in [7, 11) is 0. The van der Waals surface area contributed by atoms with E-state index >= 15 is 0 Å². The summed E-state index contributed by atoms with van der Waals surface area (Å²) in [5, 5.41) is 30.1. The standard InChI is InChI=1S/C11H9N5O4/c12-2-1-3-14-10(17)7-15-6-9(16(19)20)4-8(5-13)11(15)18/h4,6H,1,3,7H2,(H,14,17). The van der Waals surface area contributed by atoms with Crippen molar-refractivity contribution in [3.63, 3.8) is 0 Å². The van der Waals surface area contributed by atoms with Gasteiger partial charge >= 0.3 is 0 Å². The molecule has 0 atom stereocenters. The van der Waals surface area contributed by atoms with E-state index in [1.807, 2.05) is 6.07 Å². The maximum atomic E-state index is 11.7. The molecule has 1 heterocycles. The molecule has 0 saturated carbocycles. The zero-order chi connectivity index (χ0) is 15.1. The molecule has 0 saturated heterocycles. The fourth-order valence-electron chi connectivity index (χ4n) is 1.39. The van der Waals surface area contributed by atoms with Crippen LogP contribution in [-0.2, 0) is 11.3 Å². The van der Waals surface area contributed by atoms with E-state index in [9.17, 15) is 19.7 Å². The Morgan fingerprint density at radius 2 is 2.20 bits per heavy atom. The molecule has 0 aromatic carbocycles. The number of amides is 1. The van der Waals surface area contributed by atoms with Crippen LogP contribution in [0.1, 0.15) is 12.0 Å². The largest absolute Gasteiger partial charge is 0.354 e. The molecule has 0 radical (unpaired) electrons. The summed E-state index contributed by atoms with van der Waals surface area (Å²) < 4.78 is 0.790. The third-order valence-corrected chi connectivity index (χ3v) is 2.28. The first kappa shape index (κ1) is 14.9. The number of pyridine rings is 1. The molecule has 1 aromatic rings. The van der Waals surface area contributed by atoms with E-state index in [2.05, 4.69) is 5.32 Å². The van der Waals surface area contributed by atoms with Gasteiger partial charge in [-0.05, 0) is 0 Å². The lowest BCUT2D eigenvalue weighted by Crippen LogP contribution is -2.33. The molecule has 0 fully saturated rings. The Kier molecular flexibility index (Phi) is 4.95. The van der Waals surface area contributed by atoms with Crippen molar-refractivity contribution in [2.24, 2.45) is 0 Å². The molecule has 9 nitrogen and oxygen atoms in total. The first-order chi connectivity index (χ1) is 9.49. The summed E-state index contributed by atoms with van der Waals surface area (Å²) in [6.45, 7) is -0.343. The van der Waals surface area contributed by atoms with Crippen LogP contribution in [0.2, 0.25) is 0 Å². The van der Waals surface area contributed by atoms with Crippen LogP contribution in [0.5, 0.6) is 0 Å². The summed E-state index contributed by atoms with van der Waals surface area (Å²) in [5.74, 6) is -0.577. The molecule has 1 rings (SSSR count). The maximum absolute atomic E-state index is 11.7. The van der Waals surface area contributed by atoms with Crippen LogP contribution in [0, 0.1) is 32.8 Å². The molecular formula is C11H9N5O4. The summed E-state index contributed by atoms with van der Waals surface area (Å²) >= 11 is 0. The highest BCUT2D eigenvalue weighted by molar-refractivity contribution is 5.75. The smallest absolute Gasteiger partial charge is 0.287 e. The SMILES string of the molecule is N#CCCNC(=O)Cn1cc([N+](=O)[O-])cc(C#N)c1=O. The molecule has 1 N–H and O–H groups in total. The van der Waals surface area contributed by atoms with Gasteiger partial charge in [0.05, 0.1) is 23.6 Å². The molecule has 0 unspecified atom stereocenters. The number of carbonyl (C=O) groups is 1. The van der Waals surface area contributed by atoms with Gasteiger partial charge in [0.1, 0.15) is 18.2 Å². The second-order valence-electron chi connectivity index (χ2n) is 3.67. The highest BCUT2D eigenvalue weighted by Gasteiger charge is 2.15. The van der Waals surface area contributed by atoms with E-state index in [-0.39, 0.29) is 13.0 Å². The first-order valence-corrected chi connectivity index (χ1v) is 5.42. The lowest BCUT2D eigenvalue weighted by molar-refractivity contribution is -0.385. The van der Waals surface area contributed by atoms with Gasteiger partial charge < -0.3 is 5.32 Å². The van der Waals surface area contributed by atoms with Crippen molar-refractivity contribution in [1.82, 2.24) is 9.88 Å². The quantitative estimate of drug-likeness (QED) is 0.442. The number of nitro groups is 1. The summed E-state index contributed by atoms with van der Waals surface area (Å²) in [6.07, 6.45) is 1.01. The van der Waals surface area contributed by atoms with Crippen LogP contribution < -0.4 is 10.9 Å². The molecule has 0 aliphatic rings.